The van der Waals surface area contributed by atoms with Gasteiger partial charge in [0.05, 0.1) is 0 Å². The van der Waals surface area contributed by atoms with Gasteiger partial charge >= 0.3 is 5.97 Å². The van der Waals surface area contributed by atoms with Crippen molar-refractivity contribution in [3.05, 3.63) is 0 Å². The maximum atomic E-state index is 10.3. The molecule has 1 N–H and O–H groups in total. The predicted molar refractivity (Wildman–Crippen MR) is 88.0 cm³/mol. The summed E-state index contributed by atoms with van der Waals surface area (Å²) < 4.78 is 0. The Kier molecular flexibility index (Phi) is 14.0. The molecule has 0 amide bonds. The van der Waals surface area contributed by atoms with E-state index in [-0.39, 0.29) is 10.8 Å². The molecule has 0 aromatic heterocycles. The maximum Gasteiger partial charge on any atom is 0.303 e. The molecular weight excluding hydrogens is 295 g/mol. The first-order valence-electron chi connectivity index (χ1n) is 8.07. The smallest absolute Gasteiger partial charge is 0.303 e. The molecule has 0 fully saturated rings. The highest BCUT2D eigenvalue weighted by atomic mass is 35.5. The van der Waals surface area contributed by atoms with Crippen LogP contribution in [0, 0.1) is 0 Å². The van der Waals surface area contributed by atoms with Crippen LogP contribution in [0.1, 0.15) is 84.0 Å². The van der Waals surface area contributed by atoms with Crippen LogP contribution in [0.15, 0.2) is 0 Å². The number of carboxylic acids is 1. The van der Waals surface area contributed by atoms with Gasteiger partial charge in [-0.05, 0) is 19.3 Å². The van der Waals surface area contributed by atoms with Gasteiger partial charge in [-0.15, -0.1) is 23.2 Å². The van der Waals surface area contributed by atoms with E-state index in [0.717, 1.165) is 44.9 Å². The van der Waals surface area contributed by atoms with E-state index >= 15 is 0 Å². The van der Waals surface area contributed by atoms with E-state index < -0.39 is 5.97 Å². The molecular formula is C16H30Cl2O2. The van der Waals surface area contributed by atoms with Crippen LogP contribution < -0.4 is 0 Å². The van der Waals surface area contributed by atoms with Crippen molar-refractivity contribution in [2.75, 3.05) is 0 Å². The van der Waals surface area contributed by atoms with Gasteiger partial charge < -0.3 is 5.11 Å². The van der Waals surface area contributed by atoms with Crippen molar-refractivity contribution in [2.45, 2.75) is 94.7 Å². The number of carbonyl (C=O) groups is 1. The highest BCUT2D eigenvalue weighted by Crippen LogP contribution is 2.22. The van der Waals surface area contributed by atoms with Gasteiger partial charge in [0, 0.05) is 17.2 Å². The fourth-order valence-electron chi connectivity index (χ4n) is 2.27. The normalized spacial score (nSPS) is 14.2. The summed E-state index contributed by atoms with van der Waals surface area (Å²) in [5.41, 5.74) is 0. The van der Waals surface area contributed by atoms with Gasteiger partial charge in [0.25, 0.3) is 0 Å². The second-order valence-corrected chi connectivity index (χ2v) is 6.70. The first kappa shape index (κ1) is 20.1. The van der Waals surface area contributed by atoms with Crippen molar-refractivity contribution in [1.29, 1.82) is 0 Å². The number of rotatable bonds is 14. The maximum absolute atomic E-state index is 10.3. The zero-order valence-corrected chi connectivity index (χ0v) is 14.3. The molecule has 0 unspecified atom stereocenters. The summed E-state index contributed by atoms with van der Waals surface area (Å²) in [6, 6.07) is 0. The van der Waals surface area contributed by atoms with Crippen LogP contribution in [0.25, 0.3) is 0 Å². The summed E-state index contributed by atoms with van der Waals surface area (Å²) in [7, 11) is 0. The second-order valence-electron chi connectivity index (χ2n) is 5.58. The van der Waals surface area contributed by atoms with Crippen LogP contribution in [-0.4, -0.2) is 21.8 Å². The van der Waals surface area contributed by atoms with Crippen molar-refractivity contribution in [2.24, 2.45) is 0 Å². The van der Waals surface area contributed by atoms with Gasteiger partial charge in [-0.25, -0.2) is 0 Å². The van der Waals surface area contributed by atoms with Crippen LogP contribution in [0.2, 0.25) is 0 Å². The molecule has 2 atom stereocenters. The third-order valence-electron chi connectivity index (χ3n) is 3.60. The Labute approximate surface area is 134 Å². The van der Waals surface area contributed by atoms with Crippen LogP contribution in [0.4, 0.5) is 0 Å². The van der Waals surface area contributed by atoms with E-state index in [1.54, 1.807) is 0 Å². The number of halogens is 2. The minimum absolute atomic E-state index is 0.0808. The monoisotopic (exact) mass is 324 g/mol. The molecule has 0 spiro atoms. The first-order valence-corrected chi connectivity index (χ1v) is 8.95. The van der Waals surface area contributed by atoms with E-state index in [0.29, 0.717) is 6.42 Å². The summed E-state index contributed by atoms with van der Waals surface area (Å²) in [6.45, 7) is 2.21. The quantitative estimate of drug-likeness (QED) is 0.315. The SMILES string of the molecule is CCCCCC[C@@H](Cl)[C@@H](Cl)CCCCCCCC(=O)O. The van der Waals surface area contributed by atoms with Crippen molar-refractivity contribution in [1.82, 2.24) is 0 Å². The molecule has 0 bridgehead atoms. The molecule has 0 saturated carbocycles. The summed E-state index contributed by atoms with van der Waals surface area (Å²) in [4.78, 5) is 10.3. The lowest BCUT2D eigenvalue weighted by atomic mass is 10.0. The standard InChI is InChI=1S/C16H30Cl2O2/c1-2-3-4-8-11-14(17)15(18)12-9-6-5-7-10-13-16(19)20/h14-15H,2-13H2,1H3,(H,19,20)/t14-,15+/m1/s1. The van der Waals surface area contributed by atoms with Gasteiger partial charge in [-0.3, -0.25) is 4.79 Å². The lowest BCUT2D eigenvalue weighted by Crippen LogP contribution is -2.14. The Hall–Kier alpha value is 0.0500. The molecule has 2 nitrogen and oxygen atoms in total. The summed E-state index contributed by atoms with van der Waals surface area (Å²) in [6.07, 6.45) is 12.4. The van der Waals surface area contributed by atoms with Gasteiger partial charge in [-0.2, -0.15) is 0 Å². The van der Waals surface area contributed by atoms with Gasteiger partial charge in [0.15, 0.2) is 0 Å². The van der Waals surface area contributed by atoms with E-state index in [9.17, 15) is 4.79 Å². The molecule has 0 heterocycles. The highest BCUT2D eigenvalue weighted by molar-refractivity contribution is 6.29. The molecule has 4 heteroatoms. The van der Waals surface area contributed by atoms with E-state index in [4.69, 9.17) is 28.3 Å². The minimum atomic E-state index is -0.695. The fourth-order valence-corrected chi connectivity index (χ4v) is 2.83. The van der Waals surface area contributed by atoms with Gasteiger partial charge in [-0.1, -0.05) is 58.3 Å². The number of hydrogen-bond donors (Lipinski definition) is 1. The van der Waals surface area contributed by atoms with Crippen LogP contribution in [-0.2, 0) is 4.79 Å². The van der Waals surface area contributed by atoms with Crippen LogP contribution in [0.5, 0.6) is 0 Å². The third-order valence-corrected chi connectivity index (χ3v) is 4.77. The van der Waals surface area contributed by atoms with E-state index in [1.165, 1.54) is 25.7 Å². The molecule has 120 valence electrons. The first-order chi connectivity index (χ1) is 9.57. The van der Waals surface area contributed by atoms with Crippen molar-refractivity contribution >= 4 is 29.2 Å². The van der Waals surface area contributed by atoms with Crippen LogP contribution in [0.3, 0.4) is 0 Å². The third kappa shape index (κ3) is 13.1. The van der Waals surface area contributed by atoms with Gasteiger partial charge in [0.2, 0.25) is 0 Å². The Bertz CT molecular complexity index is 235. The number of aliphatic carboxylic acids is 1. The Morgan fingerprint density at radius 1 is 0.850 bits per heavy atom. The Balaban J connectivity index is 3.38. The molecule has 0 aromatic rings. The molecule has 0 aromatic carbocycles. The summed E-state index contributed by atoms with van der Waals surface area (Å²) in [5, 5.41) is 8.70. The predicted octanol–water partition coefficient (Wildman–Crippen LogP) is 5.99. The molecule has 0 radical (unpaired) electrons. The number of hydrogen-bond acceptors (Lipinski definition) is 1. The lowest BCUT2D eigenvalue weighted by Gasteiger charge is -2.15. The Morgan fingerprint density at radius 3 is 1.80 bits per heavy atom. The largest absolute Gasteiger partial charge is 0.481 e. The summed E-state index contributed by atoms with van der Waals surface area (Å²) >= 11 is 12.6. The number of unbranched alkanes of at least 4 members (excludes halogenated alkanes) is 7. The lowest BCUT2D eigenvalue weighted by molar-refractivity contribution is -0.137. The summed E-state index contributed by atoms with van der Waals surface area (Å²) in [5.74, 6) is -0.695. The number of alkyl halides is 2. The average Bonchev–Trinajstić information content (AvgIpc) is 2.41. The molecule has 20 heavy (non-hydrogen) atoms. The van der Waals surface area contributed by atoms with Crippen molar-refractivity contribution < 1.29 is 9.90 Å². The van der Waals surface area contributed by atoms with Gasteiger partial charge in [0.1, 0.15) is 0 Å². The molecule has 0 aliphatic heterocycles. The van der Waals surface area contributed by atoms with E-state index in [1.807, 2.05) is 0 Å². The topological polar surface area (TPSA) is 37.3 Å². The van der Waals surface area contributed by atoms with E-state index in [2.05, 4.69) is 6.92 Å². The van der Waals surface area contributed by atoms with Crippen molar-refractivity contribution in [3.63, 3.8) is 0 Å². The Morgan fingerprint density at radius 2 is 1.30 bits per heavy atom. The second kappa shape index (κ2) is 14.0. The fraction of sp³-hybridized carbons (Fsp3) is 0.938. The zero-order valence-electron chi connectivity index (χ0n) is 12.8. The molecule has 0 rings (SSSR count). The average molecular weight is 325 g/mol. The highest BCUT2D eigenvalue weighted by Gasteiger charge is 2.15. The van der Waals surface area contributed by atoms with Crippen LogP contribution >= 0.6 is 23.2 Å². The molecule has 0 aliphatic rings. The molecule has 0 saturated heterocycles. The van der Waals surface area contributed by atoms with Crippen molar-refractivity contribution in [3.8, 4) is 0 Å². The minimum Gasteiger partial charge on any atom is -0.481 e. The zero-order chi connectivity index (χ0) is 15.2. The number of carboxylic acid groups (broad SMARTS) is 1. The molecule has 0 aliphatic carbocycles.